The molecule has 0 bridgehead atoms. The van der Waals surface area contributed by atoms with Crippen molar-refractivity contribution in [2.24, 2.45) is 5.92 Å². The van der Waals surface area contributed by atoms with Gasteiger partial charge >= 0.3 is 0 Å². The summed E-state index contributed by atoms with van der Waals surface area (Å²) >= 11 is 6.27. The molecule has 2 N–H and O–H groups in total. The molecule has 1 saturated carbocycles. The fraction of sp³-hybridized carbons (Fsp3) is 0.296. The lowest BCUT2D eigenvalue weighted by molar-refractivity contribution is -0.155. The standard InChI is InChI=1S/C27H26ClNO5/c1-29(2)25(31)22-23(16-7-5-4-6-8-16)27(17-9-12-19(33-3)13-10-17)26(32,24(22)30)20-14-11-18(28)15-21(20)34-27/h4-15,22-24,30,32H,1-3H3/t22-,23-,24-,26+,27+/m1/s1. The Labute approximate surface area is 203 Å². The first-order chi connectivity index (χ1) is 16.3. The minimum absolute atomic E-state index is 0.295. The van der Waals surface area contributed by atoms with Crippen LogP contribution in [0.1, 0.15) is 22.6 Å². The Hall–Kier alpha value is -3.06. The molecule has 7 heteroatoms. The van der Waals surface area contributed by atoms with Gasteiger partial charge in [-0.25, -0.2) is 0 Å². The lowest BCUT2D eigenvalue weighted by Gasteiger charge is -2.40. The normalized spacial score (nSPS) is 29.2. The summed E-state index contributed by atoms with van der Waals surface area (Å²) < 4.78 is 12.0. The van der Waals surface area contributed by atoms with Gasteiger partial charge in [-0.1, -0.05) is 60.1 Å². The maximum absolute atomic E-state index is 13.5. The maximum atomic E-state index is 13.5. The summed E-state index contributed by atoms with van der Waals surface area (Å²) in [7, 11) is 4.86. The molecule has 1 fully saturated rings. The Bertz CT molecular complexity index is 1230. The zero-order valence-corrected chi connectivity index (χ0v) is 19.9. The van der Waals surface area contributed by atoms with Gasteiger partial charge in [0.1, 0.15) is 17.6 Å². The van der Waals surface area contributed by atoms with E-state index in [0.717, 1.165) is 5.56 Å². The number of carbonyl (C=O) groups is 1. The minimum atomic E-state index is -1.92. The number of aliphatic hydroxyl groups excluding tert-OH is 1. The summed E-state index contributed by atoms with van der Waals surface area (Å²) in [5, 5.41) is 24.7. The van der Waals surface area contributed by atoms with Crippen molar-refractivity contribution in [2.45, 2.75) is 23.2 Å². The van der Waals surface area contributed by atoms with Crippen LogP contribution < -0.4 is 9.47 Å². The summed E-state index contributed by atoms with van der Waals surface area (Å²) in [5.74, 6) is -0.952. The SMILES string of the molecule is COc1ccc([C@@]23Oc4cc(Cl)ccc4[C@]2(O)[C@H](O)[C@H](C(=O)N(C)C)[C@H]3c2ccccc2)cc1. The molecule has 1 aliphatic heterocycles. The van der Waals surface area contributed by atoms with Gasteiger partial charge < -0.3 is 24.6 Å². The van der Waals surface area contributed by atoms with E-state index in [-0.39, 0.29) is 5.91 Å². The van der Waals surface area contributed by atoms with Crippen LogP contribution in [0, 0.1) is 5.92 Å². The van der Waals surface area contributed by atoms with E-state index in [1.54, 1.807) is 51.5 Å². The van der Waals surface area contributed by atoms with Gasteiger partial charge in [-0.2, -0.15) is 0 Å². The van der Waals surface area contributed by atoms with E-state index in [1.165, 1.54) is 4.90 Å². The van der Waals surface area contributed by atoms with E-state index in [2.05, 4.69) is 0 Å². The number of amides is 1. The Morgan fingerprint density at radius 2 is 1.74 bits per heavy atom. The molecule has 0 spiro atoms. The molecule has 3 aromatic rings. The van der Waals surface area contributed by atoms with Crippen molar-refractivity contribution in [1.82, 2.24) is 4.90 Å². The predicted octanol–water partition coefficient (Wildman–Crippen LogP) is 3.69. The minimum Gasteiger partial charge on any atom is -0.497 e. The number of fused-ring (bicyclic) bond motifs is 3. The molecule has 0 unspecified atom stereocenters. The molecule has 1 amide bonds. The van der Waals surface area contributed by atoms with Crippen molar-refractivity contribution in [1.29, 1.82) is 0 Å². The molecule has 0 radical (unpaired) electrons. The van der Waals surface area contributed by atoms with Crippen molar-refractivity contribution >= 4 is 17.5 Å². The Morgan fingerprint density at radius 1 is 1.06 bits per heavy atom. The highest BCUT2D eigenvalue weighted by molar-refractivity contribution is 6.30. The molecule has 1 aliphatic carbocycles. The zero-order chi connectivity index (χ0) is 24.3. The van der Waals surface area contributed by atoms with Crippen LogP contribution in [-0.2, 0) is 16.0 Å². The van der Waals surface area contributed by atoms with Gasteiger partial charge in [-0.05, 0) is 35.4 Å². The summed E-state index contributed by atoms with van der Waals surface area (Å²) in [5.41, 5.74) is -1.63. The van der Waals surface area contributed by atoms with Crippen LogP contribution in [0.3, 0.4) is 0 Å². The van der Waals surface area contributed by atoms with E-state index in [9.17, 15) is 15.0 Å². The monoisotopic (exact) mass is 479 g/mol. The van der Waals surface area contributed by atoms with Crippen molar-refractivity contribution in [2.75, 3.05) is 21.2 Å². The fourth-order valence-electron chi connectivity index (χ4n) is 5.70. The summed E-state index contributed by atoms with van der Waals surface area (Å²) in [6.07, 6.45) is -1.45. The quantitative estimate of drug-likeness (QED) is 0.596. The molecule has 2 aliphatic rings. The number of benzene rings is 3. The second-order valence-corrected chi connectivity index (χ2v) is 9.50. The van der Waals surface area contributed by atoms with Crippen molar-refractivity contribution in [3.63, 3.8) is 0 Å². The number of nitrogens with zero attached hydrogens (tertiary/aromatic N) is 1. The van der Waals surface area contributed by atoms with Gasteiger partial charge in [0.15, 0.2) is 11.2 Å². The van der Waals surface area contributed by atoms with Crippen LogP contribution >= 0.6 is 11.6 Å². The highest BCUT2D eigenvalue weighted by Gasteiger charge is 2.77. The average Bonchev–Trinajstić information content (AvgIpc) is 3.21. The van der Waals surface area contributed by atoms with Crippen LogP contribution in [0.5, 0.6) is 11.5 Å². The van der Waals surface area contributed by atoms with Crippen LogP contribution in [0.25, 0.3) is 0 Å². The molecular weight excluding hydrogens is 454 g/mol. The number of methoxy groups -OCH3 is 1. The third-order valence-corrected chi connectivity index (χ3v) is 7.40. The molecule has 0 aromatic heterocycles. The Balaban J connectivity index is 1.85. The summed E-state index contributed by atoms with van der Waals surface area (Å²) in [6.45, 7) is 0. The van der Waals surface area contributed by atoms with Crippen molar-refractivity contribution < 1.29 is 24.5 Å². The van der Waals surface area contributed by atoms with Crippen LogP contribution in [0.2, 0.25) is 5.02 Å². The van der Waals surface area contributed by atoms with Gasteiger partial charge in [0.05, 0.1) is 13.0 Å². The predicted molar refractivity (Wildman–Crippen MR) is 128 cm³/mol. The van der Waals surface area contributed by atoms with E-state index >= 15 is 0 Å². The molecule has 3 aromatic carbocycles. The summed E-state index contributed by atoms with van der Waals surface area (Å²) in [6, 6.07) is 21.5. The highest BCUT2D eigenvalue weighted by Crippen LogP contribution is 2.68. The van der Waals surface area contributed by atoms with E-state index in [1.807, 2.05) is 42.5 Å². The molecule has 1 heterocycles. The molecule has 6 nitrogen and oxygen atoms in total. The Morgan fingerprint density at radius 3 is 2.35 bits per heavy atom. The number of carbonyl (C=O) groups excluding carboxylic acids is 1. The van der Waals surface area contributed by atoms with Crippen LogP contribution in [-0.4, -0.2) is 48.3 Å². The molecule has 5 atom stereocenters. The molecular formula is C27H26ClNO5. The first kappa shape index (κ1) is 22.7. The van der Waals surface area contributed by atoms with Gasteiger partial charge in [-0.15, -0.1) is 0 Å². The lowest BCUT2D eigenvalue weighted by atomic mass is 9.70. The summed E-state index contributed by atoms with van der Waals surface area (Å²) in [4.78, 5) is 15.0. The largest absolute Gasteiger partial charge is 0.497 e. The number of halogens is 1. The Kier molecular flexibility index (Phi) is 5.35. The van der Waals surface area contributed by atoms with Crippen LogP contribution in [0.15, 0.2) is 72.8 Å². The number of aliphatic hydroxyl groups is 2. The third-order valence-electron chi connectivity index (χ3n) is 7.16. The zero-order valence-electron chi connectivity index (χ0n) is 19.1. The lowest BCUT2D eigenvalue weighted by Crippen LogP contribution is -2.52. The smallest absolute Gasteiger partial charge is 0.228 e. The number of ether oxygens (including phenoxy) is 2. The first-order valence-corrected chi connectivity index (χ1v) is 11.4. The molecule has 176 valence electrons. The van der Waals surface area contributed by atoms with Gasteiger partial charge in [-0.3, -0.25) is 4.79 Å². The topological polar surface area (TPSA) is 79.2 Å². The average molecular weight is 480 g/mol. The fourth-order valence-corrected chi connectivity index (χ4v) is 5.86. The number of hydrogen-bond acceptors (Lipinski definition) is 5. The van der Waals surface area contributed by atoms with Crippen LogP contribution in [0.4, 0.5) is 0 Å². The van der Waals surface area contributed by atoms with Gasteiger partial charge in [0.2, 0.25) is 5.91 Å². The second-order valence-electron chi connectivity index (χ2n) is 9.06. The van der Waals surface area contributed by atoms with E-state index in [4.69, 9.17) is 21.1 Å². The second kappa shape index (κ2) is 8.01. The van der Waals surface area contributed by atoms with E-state index in [0.29, 0.717) is 27.6 Å². The van der Waals surface area contributed by atoms with Gasteiger partial charge in [0, 0.05) is 30.6 Å². The van der Waals surface area contributed by atoms with Crippen molar-refractivity contribution in [3.8, 4) is 11.5 Å². The number of rotatable bonds is 4. The number of hydrogen-bond donors (Lipinski definition) is 2. The first-order valence-electron chi connectivity index (χ1n) is 11.1. The highest BCUT2D eigenvalue weighted by atomic mass is 35.5. The van der Waals surface area contributed by atoms with Gasteiger partial charge in [0.25, 0.3) is 0 Å². The van der Waals surface area contributed by atoms with E-state index < -0.39 is 29.1 Å². The third kappa shape index (κ3) is 2.92. The molecule has 0 saturated heterocycles. The van der Waals surface area contributed by atoms with Crippen molar-refractivity contribution in [3.05, 3.63) is 94.5 Å². The molecule has 5 rings (SSSR count). The molecule has 34 heavy (non-hydrogen) atoms. The maximum Gasteiger partial charge on any atom is 0.228 e.